The summed E-state index contributed by atoms with van der Waals surface area (Å²) in [5, 5.41) is 17.1. The molecule has 0 aliphatic heterocycles. The van der Waals surface area contributed by atoms with E-state index in [2.05, 4.69) is 6.58 Å². The number of halogens is 2. The molecular weight excluding hydrogens is 325 g/mol. The molecule has 0 radical (unpaired) electrons. The molecule has 0 aliphatic carbocycles. The quantitative estimate of drug-likeness (QED) is 0.732. The summed E-state index contributed by atoms with van der Waals surface area (Å²) in [7, 11) is -4.18. The summed E-state index contributed by atoms with van der Waals surface area (Å²) in [4.78, 5) is 10.4. The number of aliphatic hydroxyl groups excluding tert-OH is 1. The van der Waals surface area contributed by atoms with Crippen molar-refractivity contribution in [3.8, 4) is 0 Å². The van der Waals surface area contributed by atoms with Gasteiger partial charge in [-0.1, -0.05) is 17.7 Å². The Morgan fingerprint density at radius 1 is 1.48 bits per heavy atom. The van der Waals surface area contributed by atoms with Gasteiger partial charge in [0.05, 0.1) is 22.1 Å². The van der Waals surface area contributed by atoms with Gasteiger partial charge in [-0.2, -0.15) is 4.31 Å². The number of carboxylic acid groups (broad SMARTS) is 1. The number of hydrogen-bond donors (Lipinski definition) is 2. The average molecular weight is 338 g/mol. The number of nitrogens with zero attached hydrogens (tertiary/aromatic N) is 1. The van der Waals surface area contributed by atoms with E-state index in [1.54, 1.807) is 0 Å². The Bertz CT molecular complexity index is 662. The van der Waals surface area contributed by atoms with Gasteiger partial charge in [-0.05, 0) is 12.1 Å². The molecular formula is C12H13ClFNO5S. The third-order valence-electron chi connectivity index (χ3n) is 2.55. The minimum absolute atomic E-state index is 0.116. The number of aromatic carboxylic acids is 1. The molecule has 9 heteroatoms. The molecule has 0 bridgehead atoms. The van der Waals surface area contributed by atoms with Crippen molar-refractivity contribution in [3.63, 3.8) is 0 Å². The molecule has 0 saturated heterocycles. The third-order valence-corrected chi connectivity index (χ3v) is 4.78. The first-order valence-electron chi connectivity index (χ1n) is 5.70. The molecule has 0 unspecified atom stereocenters. The van der Waals surface area contributed by atoms with E-state index in [0.29, 0.717) is 6.07 Å². The first kappa shape index (κ1) is 17.6. The molecule has 0 amide bonds. The van der Waals surface area contributed by atoms with Gasteiger partial charge in [-0.3, -0.25) is 0 Å². The number of hydrogen-bond acceptors (Lipinski definition) is 4. The van der Waals surface area contributed by atoms with Crippen LogP contribution in [-0.2, 0) is 10.0 Å². The van der Waals surface area contributed by atoms with E-state index in [0.717, 1.165) is 10.4 Å². The van der Waals surface area contributed by atoms with Crippen LogP contribution in [0.3, 0.4) is 0 Å². The fourth-order valence-corrected chi connectivity index (χ4v) is 3.21. The number of rotatable bonds is 7. The van der Waals surface area contributed by atoms with E-state index in [1.807, 2.05) is 0 Å². The van der Waals surface area contributed by atoms with Gasteiger partial charge in [0.25, 0.3) is 0 Å². The second-order valence-electron chi connectivity index (χ2n) is 3.95. The highest BCUT2D eigenvalue weighted by Gasteiger charge is 2.26. The van der Waals surface area contributed by atoms with E-state index in [1.165, 1.54) is 6.08 Å². The zero-order valence-corrected chi connectivity index (χ0v) is 12.4. The number of benzene rings is 1. The van der Waals surface area contributed by atoms with Gasteiger partial charge in [0, 0.05) is 13.1 Å². The molecule has 0 spiro atoms. The molecule has 116 valence electrons. The van der Waals surface area contributed by atoms with Crippen molar-refractivity contribution < 1.29 is 27.8 Å². The van der Waals surface area contributed by atoms with E-state index >= 15 is 0 Å². The second kappa shape index (κ2) is 6.99. The number of aliphatic hydroxyl groups is 1. The lowest BCUT2D eigenvalue weighted by Crippen LogP contribution is -2.34. The van der Waals surface area contributed by atoms with Crippen molar-refractivity contribution in [2.24, 2.45) is 0 Å². The Balaban J connectivity index is 3.43. The lowest BCUT2D eigenvalue weighted by Gasteiger charge is -2.20. The molecule has 0 atom stereocenters. The van der Waals surface area contributed by atoms with Crippen molar-refractivity contribution in [1.29, 1.82) is 0 Å². The van der Waals surface area contributed by atoms with Crippen molar-refractivity contribution >= 4 is 27.6 Å². The standard InChI is InChI=1S/C12H13ClFNO5S/c1-2-3-15(4-5-16)21(19,20)8-6-9(12(17)18)11(13)10(14)7-8/h2,6-7,16H,1,3-5H2,(H,17,18). The topological polar surface area (TPSA) is 94.9 Å². The largest absolute Gasteiger partial charge is 0.478 e. The molecule has 0 saturated carbocycles. The molecule has 1 aromatic carbocycles. The van der Waals surface area contributed by atoms with Crippen LogP contribution in [0.15, 0.2) is 29.7 Å². The van der Waals surface area contributed by atoms with Gasteiger partial charge < -0.3 is 10.2 Å². The van der Waals surface area contributed by atoms with Crippen LogP contribution >= 0.6 is 11.6 Å². The number of sulfonamides is 1. The van der Waals surface area contributed by atoms with Crippen LogP contribution in [0, 0.1) is 5.82 Å². The predicted molar refractivity (Wildman–Crippen MR) is 74.4 cm³/mol. The fourth-order valence-electron chi connectivity index (χ4n) is 1.58. The highest BCUT2D eigenvalue weighted by Crippen LogP contribution is 2.26. The minimum Gasteiger partial charge on any atom is -0.478 e. The summed E-state index contributed by atoms with van der Waals surface area (Å²) in [6, 6.07) is 1.41. The van der Waals surface area contributed by atoms with Crippen LogP contribution in [0.25, 0.3) is 0 Å². The number of carbonyl (C=O) groups is 1. The third kappa shape index (κ3) is 3.79. The summed E-state index contributed by atoms with van der Waals surface area (Å²) in [6.45, 7) is 2.59. The zero-order chi connectivity index (χ0) is 16.2. The highest BCUT2D eigenvalue weighted by molar-refractivity contribution is 7.89. The maximum atomic E-state index is 13.6. The van der Waals surface area contributed by atoms with Crippen molar-refractivity contribution in [3.05, 3.63) is 41.2 Å². The Hall–Kier alpha value is -1.48. The van der Waals surface area contributed by atoms with Crippen LogP contribution in [0.1, 0.15) is 10.4 Å². The van der Waals surface area contributed by atoms with Crippen LogP contribution in [0.4, 0.5) is 4.39 Å². The maximum absolute atomic E-state index is 13.6. The van der Waals surface area contributed by atoms with Crippen molar-refractivity contribution in [2.75, 3.05) is 19.7 Å². The SMILES string of the molecule is C=CCN(CCO)S(=O)(=O)c1cc(F)c(Cl)c(C(=O)O)c1. The van der Waals surface area contributed by atoms with Gasteiger partial charge in [-0.15, -0.1) is 6.58 Å². The fraction of sp³-hybridized carbons (Fsp3) is 0.250. The van der Waals surface area contributed by atoms with E-state index < -0.39 is 43.9 Å². The average Bonchev–Trinajstić information content (AvgIpc) is 2.40. The van der Waals surface area contributed by atoms with Gasteiger partial charge in [-0.25, -0.2) is 17.6 Å². The molecule has 2 N–H and O–H groups in total. The molecule has 0 aromatic heterocycles. The Kier molecular flexibility index (Phi) is 5.85. The van der Waals surface area contributed by atoms with Gasteiger partial charge in [0.1, 0.15) is 5.82 Å². The number of carboxylic acids is 1. The molecule has 6 nitrogen and oxygen atoms in total. The summed E-state index contributed by atoms with van der Waals surface area (Å²) in [5.74, 6) is -2.70. The van der Waals surface area contributed by atoms with E-state index in [9.17, 15) is 17.6 Å². The molecule has 0 aliphatic rings. The summed E-state index contributed by atoms with van der Waals surface area (Å²) < 4.78 is 39.1. The highest BCUT2D eigenvalue weighted by atomic mass is 35.5. The summed E-state index contributed by atoms with van der Waals surface area (Å²) in [5.41, 5.74) is -0.655. The summed E-state index contributed by atoms with van der Waals surface area (Å²) in [6.07, 6.45) is 1.29. The predicted octanol–water partition coefficient (Wildman–Crippen LogP) is 1.35. The molecule has 1 aromatic rings. The van der Waals surface area contributed by atoms with Crippen molar-refractivity contribution in [2.45, 2.75) is 4.90 Å². The van der Waals surface area contributed by atoms with E-state index in [4.69, 9.17) is 21.8 Å². The Morgan fingerprint density at radius 3 is 2.57 bits per heavy atom. The van der Waals surface area contributed by atoms with Crippen LogP contribution in [-0.4, -0.2) is 48.6 Å². The molecule has 0 fully saturated rings. The molecule has 1 rings (SSSR count). The molecule has 21 heavy (non-hydrogen) atoms. The Morgan fingerprint density at radius 2 is 2.10 bits per heavy atom. The smallest absolute Gasteiger partial charge is 0.337 e. The lowest BCUT2D eigenvalue weighted by molar-refractivity contribution is 0.0696. The lowest BCUT2D eigenvalue weighted by atomic mass is 10.2. The first-order valence-corrected chi connectivity index (χ1v) is 7.51. The molecule has 0 heterocycles. The normalized spacial score (nSPS) is 11.6. The second-order valence-corrected chi connectivity index (χ2v) is 6.26. The monoisotopic (exact) mass is 337 g/mol. The first-order chi connectivity index (χ1) is 9.75. The van der Waals surface area contributed by atoms with Gasteiger partial charge in [0.2, 0.25) is 10.0 Å². The van der Waals surface area contributed by atoms with Crippen LogP contribution in [0.5, 0.6) is 0 Å². The van der Waals surface area contributed by atoms with Crippen molar-refractivity contribution in [1.82, 2.24) is 4.31 Å². The Labute approximate surface area is 126 Å². The van der Waals surface area contributed by atoms with Crippen LogP contribution < -0.4 is 0 Å². The van der Waals surface area contributed by atoms with Gasteiger partial charge >= 0.3 is 5.97 Å². The van der Waals surface area contributed by atoms with E-state index in [-0.39, 0.29) is 13.1 Å². The maximum Gasteiger partial charge on any atom is 0.337 e. The minimum atomic E-state index is -4.18. The van der Waals surface area contributed by atoms with Crippen LogP contribution in [0.2, 0.25) is 5.02 Å². The van der Waals surface area contributed by atoms with Gasteiger partial charge in [0.15, 0.2) is 0 Å². The summed E-state index contributed by atoms with van der Waals surface area (Å²) >= 11 is 5.49. The zero-order valence-electron chi connectivity index (χ0n) is 10.8.